The normalized spacial score (nSPS) is 11.2. The third-order valence-corrected chi connectivity index (χ3v) is 4.94. The second-order valence-corrected chi connectivity index (χ2v) is 6.56. The Hall–Kier alpha value is -1.42. The van der Waals surface area contributed by atoms with Gasteiger partial charge in [-0.2, -0.15) is 0 Å². The van der Waals surface area contributed by atoms with E-state index in [9.17, 15) is 0 Å². The Morgan fingerprint density at radius 1 is 1.19 bits per heavy atom. The Morgan fingerprint density at radius 2 is 2.05 bits per heavy atom. The van der Waals surface area contributed by atoms with E-state index < -0.39 is 0 Å². The van der Waals surface area contributed by atoms with Gasteiger partial charge in [-0.25, -0.2) is 0 Å². The van der Waals surface area contributed by atoms with E-state index in [1.807, 2.05) is 24.4 Å². The van der Waals surface area contributed by atoms with Crippen LogP contribution in [0, 0.1) is 6.92 Å². The quantitative estimate of drug-likeness (QED) is 0.727. The highest BCUT2D eigenvalue weighted by atomic mass is 35.5. The number of aromatic nitrogens is 1. The van der Waals surface area contributed by atoms with E-state index in [0.717, 1.165) is 27.2 Å². The third-order valence-electron chi connectivity index (χ3n) is 3.47. The summed E-state index contributed by atoms with van der Waals surface area (Å²) in [5.74, 6) is 0. The van der Waals surface area contributed by atoms with Crippen LogP contribution in [0.1, 0.15) is 11.1 Å². The first-order chi connectivity index (χ1) is 10.2. The molecule has 21 heavy (non-hydrogen) atoms. The molecule has 3 rings (SSSR count). The summed E-state index contributed by atoms with van der Waals surface area (Å²) in [6, 6.07) is 12.4. The van der Waals surface area contributed by atoms with Crippen molar-refractivity contribution in [1.29, 1.82) is 0 Å². The van der Waals surface area contributed by atoms with Crippen LogP contribution in [0.2, 0.25) is 5.02 Å². The molecule has 2 nitrogen and oxygen atoms in total. The van der Waals surface area contributed by atoms with Crippen LogP contribution in [0.15, 0.2) is 52.4 Å². The van der Waals surface area contributed by atoms with Crippen LogP contribution in [0.5, 0.6) is 0 Å². The summed E-state index contributed by atoms with van der Waals surface area (Å²) in [7, 11) is 0. The second kappa shape index (κ2) is 6.14. The number of fused-ring (bicyclic) bond motifs is 1. The van der Waals surface area contributed by atoms with Gasteiger partial charge < -0.3 is 10.7 Å². The summed E-state index contributed by atoms with van der Waals surface area (Å²) in [6.45, 7) is 2.77. The zero-order chi connectivity index (χ0) is 14.8. The molecule has 3 aromatic rings. The fourth-order valence-corrected chi connectivity index (χ4v) is 3.91. The average Bonchev–Trinajstić information content (AvgIpc) is 2.87. The fraction of sp³-hybridized carbons (Fsp3) is 0.176. The standard InChI is InChI=1S/C17H17ClN2S/c1-11-5-6-15(12(9-11)7-8-19)21-16-10-20-14-4-2-3-13(18)17(14)16/h2-6,9-10,20H,7-8,19H2,1H3. The lowest BCUT2D eigenvalue weighted by molar-refractivity contribution is 0.942. The molecule has 1 aromatic heterocycles. The molecular formula is C17H17ClN2S. The molecule has 4 heteroatoms. The van der Waals surface area contributed by atoms with Crippen LogP contribution in [-0.4, -0.2) is 11.5 Å². The maximum Gasteiger partial charge on any atom is 0.0511 e. The smallest absolute Gasteiger partial charge is 0.0511 e. The fourth-order valence-electron chi connectivity index (χ4n) is 2.47. The molecule has 0 amide bonds. The number of rotatable bonds is 4. The first-order valence-electron chi connectivity index (χ1n) is 6.92. The minimum atomic E-state index is 0.658. The van der Waals surface area contributed by atoms with E-state index >= 15 is 0 Å². The van der Waals surface area contributed by atoms with Gasteiger partial charge in [0, 0.05) is 26.9 Å². The van der Waals surface area contributed by atoms with Crippen molar-refractivity contribution in [2.45, 2.75) is 23.1 Å². The van der Waals surface area contributed by atoms with E-state index in [-0.39, 0.29) is 0 Å². The Labute approximate surface area is 133 Å². The first-order valence-corrected chi connectivity index (χ1v) is 8.11. The number of aryl methyl sites for hydroxylation is 1. The lowest BCUT2D eigenvalue weighted by atomic mass is 10.1. The molecule has 0 bridgehead atoms. The molecule has 108 valence electrons. The number of H-pyrrole nitrogens is 1. The zero-order valence-corrected chi connectivity index (χ0v) is 13.4. The molecule has 3 N–H and O–H groups in total. The Bertz CT molecular complexity index is 780. The highest BCUT2D eigenvalue weighted by molar-refractivity contribution is 7.99. The van der Waals surface area contributed by atoms with Crippen LogP contribution >= 0.6 is 23.4 Å². The summed E-state index contributed by atoms with van der Waals surface area (Å²) in [6.07, 6.45) is 2.91. The zero-order valence-electron chi connectivity index (χ0n) is 11.8. The number of benzene rings is 2. The van der Waals surface area contributed by atoms with Gasteiger partial charge in [-0.1, -0.05) is 47.1 Å². The van der Waals surface area contributed by atoms with Crippen molar-refractivity contribution in [1.82, 2.24) is 4.98 Å². The molecule has 2 aromatic carbocycles. The minimum Gasteiger partial charge on any atom is -0.360 e. The lowest BCUT2D eigenvalue weighted by Crippen LogP contribution is -2.03. The molecule has 0 saturated heterocycles. The van der Waals surface area contributed by atoms with Crippen LogP contribution in [0.3, 0.4) is 0 Å². The van der Waals surface area contributed by atoms with Gasteiger partial charge in [-0.3, -0.25) is 0 Å². The number of nitrogens with two attached hydrogens (primary N) is 1. The number of aromatic amines is 1. The highest BCUT2D eigenvalue weighted by Crippen LogP contribution is 2.38. The molecule has 0 unspecified atom stereocenters. The molecule has 0 aliphatic carbocycles. The van der Waals surface area contributed by atoms with Crippen molar-refractivity contribution in [3.05, 3.63) is 58.7 Å². The Kier molecular flexibility index (Phi) is 4.24. The van der Waals surface area contributed by atoms with Crippen molar-refractivity contribution >= 4 is 34.3 Å². The number of hydrogen-bond donors (Lipinski definition) is 2. The molecule has 0 radical (unpaired) electrons. The molecule has 0 atom stereocenters. The van der Waals surface area contributed by atoms with Crippen LogP contribution in [0.4, 0.5) is 0 Å². The average molecular weight is 317 g/mol. The van der Waals surface area contributed by atoms with E-state index in [1.165, 1.54) is 16.0 Å². The minimum absolute atomic E-state index is 0.658. The van der Waals surface area contributed by atoms with Crippen molar-refractivity contribution < 1.29 is 0 Å². The van der Waals surface area contributed by atoms with Gasteiger partial charge in [-0.15, -0.1) is 0 Å². The summed E-state index contributed by atoms with van der Waals surface area (Å²) >= 11 is 8.08. The maximum atomic E-state index is 6.34. The molecule has 0 spiro atoms. The van der Waals surface area contributed by atoms with Crippen LogP contribution in [0.25, 0.3) is 10.9 Å². The van der Waals surface area contributed by atoms with E-state index in [0.29, 0.717) is 6.54 Å². The molecule has 0 fully saturated rings. The largest absolute Gasteiger partial charge is 0.360 e. The van der Waals surface area contributed by atoms with Crippen molar-refractivity contribution in [2.24, 2.45) is 5.73 Å². The second-order valence-electron chi connectivity index (χ2n) is 5.07. The van der Waals surface area contributed by atoms with Crippen molar-refractivity contribution in [3.63, 3.8) is 0 Å². The van der Waals surface area contributed by atoms with E-state index in [1.54, 1.807) is 11.8 Å². The van der Waals surface area contributed by atoms with Crippen LogP contribution < -0.4 is 5.73 Å². The van der Waals surface area contributed by atoms with E-state index in [2.05, 4.69) is 30.1 Å². The van der Waals surface area contributed by atoms with Crippen molar-refractivity contribution in [3.8, 4) is 0 Å². The monoisotopic (exact) mass is 316 g/mol. The predicted molar refractivity (Wildman–Crippen MR) is 91.4 cm³/mol. The van der Waals surface area contributed by atoms with Gasteiger partial charge in [0.05, 0.1) is 5.02 Å². The first kappa shape index (κ1) is 14.5. The molecular weight excluding hydrogens is 300 g/mol. The van der Waals surface area contributed by atoms with E-state index in [4.69, 9.17) is 17.3 Å². The number of nitrogens with one attached hydrogen (secondary N) is 1. The SMILES string of the molecule is Cc1ccc(Sc2c[nH]c3cccc(Cl)c23)c(CCN)c1. The molecule has 0 aliphatic heterocycles. The van der Waals surface area contributed by atoms with Gasteiger partial charge in [0.1, 0.15) is 0 Å². The van der Waals surface area contributed by atoms with Gasteiger partial charge in [0.25, 0.3) is 0 Å². The Balaban J connectivity index is 2.03. The van der Waals surface area contributed by atoms with Crippen LogP contribution in [-0.2, 0) is 6.42 Å². The lowest BCUT2D eigenvalue weighted by Gasteiger charge is -2.09. The molecule has 0 aliphatic rings. The maximum absolute atomic E-state index is 6.34. The highest BCUT2D eigenvalue weighted by Gasteiger charge is 2.11. The van der Waals surface area contributed by atoms with Gasteiger partial charge in [0.2, 0.25) is 0 Å². The summed E-state index contributed by atoms with van der Waals surface area (Å²) < 4.78 is 0. The topological polar surface area (TPSA) is 41.8 Å². The van der Waals surface area contributed by atoms with Gasteiger partial charge in [0.15, 0.2) is 0 Å². The van der Waals surface area contributed by atoms with Crippen molar-refractivity contribution in [2.75, 3.05) is 6.54 Å². The molecule has 1 heterocycles. The van der Waals surface area contributed by atoms with Gasteiger partial charge >= 0.3 is 0 Å². The summed E-state index contributed by atoms with van der Waals surface area (Å²) in [5, 5.41) is 1.87. The summed E-state index contributed by atoms with van der Waals surface area (Å²) in [5.41, 5.74) is 9.36. The Morgan fingerprint density at radius 3 is 2.86 bits per heavy atom. The summed E-state index contributed by atoms with van der Waals surface area (Å²) in [4.78, 5) is 5.68. The number of halogens is 1. The van der Waals surface area contributed by atoms with Gasteiger partial charge in [-0.05, 0) is 43.7 Å². The third kappa shape index (κ3) is 2.95. The molecule has 0 saturated carbocycles. The predicted octanol–water partition coefficient (Wildman–Crippen LogP) is 4.78. The number of hydrogen-bond acceptors (Lipinski definition) is 2.